The standard InChI is InChI=1S/C17H25N3O2/c1-3-13-11-20(12(2)21)10-9-15(13)19-16(17(18)22)14-7-5-4-6-8-14/h4-8,13,15-16,19H,3,9-11H2,1-2H3,(H2,18,22)/t13-,15+,16-/m1/s1. The fourth-order valence-electron chi connectivity index (χ4n) is 3.15. The molecule has 0 aliphatic carbocycles. The Hall–Kier alpha value is -1.88. The maximum absolute atomic E-state index is 11.8. The highest BCUT2D eigenvalue weighted by Crippen LogP contribution is 2.23. The van der Waals surface area contributed by atoms with Crippen molar-refractivity contribution in [2.45, 2.75) is 38.8 Å². The summed E-state index contributed by atoms with van der Waals surface area (Å²) in [5.41, 5.74) is 6.47. The van der Waals surface area contributed by atoms with E-state index in [0.717, 1.165) is 31.5 Å². The predicted molar refractivity (Wildman–Crippen MR) is 86.0 cm³/mol. The largest absolute Gasteiger partial charge is 0.368 e. The number of amides is 2. The monoisotopic (exact) mass is 303 g/mol. The minimum Gasteiger partial charge on any atom is -0.368 e. The van der Waals surface area contributed by atoms with E-state index in [9.17, 15) is 9.59 Å². The van der Waals surface area contributed by atoms with Gasteiger partial charge in [0.05, 0.1) is 0 Å². The fourth-order valence-corrected chi connectivity index (χ4v) is 3.15. The van der Waals surface area contributed by atoms with Crippen molar-refractivity contribution in [3.8, 4) is 0 Å². The molecule has 1 fully saturated rings. The number of rotatable bonds is 5. The number of nitrogens with zero attached hydrogens (tertiary/aromatic N) is 1. The number of nitrogens with two attached hydrogens (primary N) is 1. The summed E-state index contributed by atoms with van der Waals surface area (Å²) in [6.07, 6.45) is 1.80. The number of piperidine rings is 1. The van der Waals surface area contributed by atoms with Crippen LogP contribution in [0.2, 0.25) is 0 Å². The quantitative estimate of drug-likeness (QED) is 0.864. The molecule has 22 heavy (non-hydrogen) atoms. The lowest BCUT2D eigenvalue weighted by molar-refractivity contribution is -0.131. The number of hydrogen-bond acceptors (Lipinski definition) is 3. The van der Waals surface area contributed by atoms with Gasteiger partial charge in [-0.15, -0.1) is 0 Å². The first-order valence-electron chi connectivity index (χ1n) is 7.88. The van der Waals surface area contributed by atoms with Gasteiger partial charge in [0.1, 0.15) is 6.04 Å². The highest BCUT2D eigenvalue weighted by atomic mass is 16.2. The molecule has 3 N–H and O–H groups in total. The van der Waals surface area contributed by atoms with Crippen molar-refractivity contribution in [3.05, 3.63) is 35.9 Å². The predicted octanol–water partition coefficient (Wildman–Crippen LogP) is 1.45. The lowest BCUT2D eigenvalue weighted by atomic mass is 9.88. The van der Waals surface area contributed by atoms with Gasteiger partial charge in [-0.25, -0.2) is 0 Å². The van der Waals surface area contributed by atoms with Gasteiger partial charge in [-0.1, -0.05) is 43.7 Å². The van der Waals surface area contributed by atoms with E-state index in [1.54, 1.807) is 6.92 Å². The van der Waals surface area contributed by atoms with Crippen LogP contribution >= 0.6 is 0 Å². The Bertz CT molecular complexity index is 518. The summed E-state index contributed by atoms with van der Waals surface area (Å²) in [6.45, 7) is 5.19. The van der Waals surface area contributed by atoms with Crippen molar-refractivity contribution in [2.75, 3.05) is 13.1 Å². The molecule has 0 unspecified atom stereocenters. The summed E-state index contributed by atoms with van der Waals surface area (Å²) < 4.78 is 0. The Kier molecular flexibility index (Phi) is 5.55. The zero-order valence-electron chi connectivity index (χ0n) is 13.3. The van der Waals surface area contributed by atoms with E-state index in [4.69, 9.17) is 5.73 Å². The fraction of sp³-hybridized carbons (Fsp3) is 0.529. The minimum atomic E-state index is -0.482. The van der Waals surface area contributed by atoms with E-state index in [-0.39, 0.29) is 17.9 Å². The molecule has 3 atom stereocenters. The minimum absolute atomic E-state index is 0.117. The Balaban J connectivity index is 2.10. The molecule has 1 aliphatic heterocycles. The van der Waals surface area contributed by atoms with Crippen LogP contribution in [-0.4, -0.2) is 35.8 Å². The van der Waals surface area contributed by atoms with Crippen LogP contribution in [0.15, 0.2) is 30.3 Å². The Labute approximate surface area is 131 Å². The number of benzene rings is 1. The van der Waals surface area contributed by atoms with Gasteiger partial charge in [-0.3, -0.25) is 14.9 Å². The summed E-state index contributed by atoms with van der Waals surface area (Å²) >= 11 is 0. The molecule has 120 valence electrons. The molecule has 0 bridgehead atoms. The van der Waals surface area contributed by atoms with Crippen molar-refractivity contribution in [2.24, 2.45) is 11.7 Å². The molecule has 0 aromatic heterocycles. The van der Waals surface area contributed by atoms with E-state index in [1.165, 1.54) is 0 Å². The zero-order valence-corrected chi connectivity index (χ0v) is 13.3. The van der Waals surface area contributed by atoms with Crippen molar-refractivity contribution in [3.63, 3.8) is 0 Å². The molecule has 0 radical (unpaired) electrons. The molecule has 2 rings (SSSR count). The molecule has 1 aliphatic rings. The maximum Gasteiger partial charge on any atom is 0.239 e. The average molecular weight is 303 g/mol. The smallest absolute Gasteiger partial charge is 0.239 e. The van der Waals surface area contributed by atoms with Gasteiger partial charge in [0.25, 0.3) is 0 Å². The second-order valence-electron chi connectivity index (χ2n) is 5.94. The Morgan fingerprint density at radius 2 is 2.05 bits per heavy atom. The highest BCUT2D eigenvalue weighted by Gasteiger charge is 2.32. The number of carbonyl (C=O) groups excluding carboxylic acids is 2. The summed E-state index contributed by atoms with van der Waals surface area (Å²) in [5, 5.41) is 3.42. The van der Waals surface area contributed by atoms with Crippen LogP contribution in [0.3, 0.4) is 0 Å². The first-order chi connectivity index (χ1) is 10.5. The van der Waals surface area contributed by atoms with E-state index in [0.29, 0.717) is 5.92 Å². The van der Waals surface area contributed by atoms with Crippen LogP contribution in [-0.2, 0) is 9.59 Å². The van der Waals surface area contributed by atoms with E-state index in [2.05, 4.69) is 12.2 Å². The molecule has 1 saturated heterocycles. The zero-order chi connectivity index (χ0) is 16.1. The summed E-state index contributed by atoms with van der Waals surface area (Å²) in [6, 6.07) is 9.26. The van der Waals surface area contributed by atoms with Gasteiger partial charge < -0.3 is 10.6 Å². The van der Waals surface area contributed by atoms with Crippen molar-refractivity contribution in [1.29, 1.82) is 0 Å². The molecule has 5 heteroatoms. The molecule has 0 spiro atoms. The Morgan fingerprint density at radius 3 is 2.59 bits per heavy atom. The van der Waals surface area contributed by atoms with Gasteiger partial charge in [0.15, 0.2) is 0 Å². The van der Waals surface area contributed by atoms with Crippen LogP contribution < -0.4 is 11.1 Å². The number of hydrogen-bond donors (Lipinski definition) is 2. The second-order valence-corrected chi connectivity index (χ2v) is 5.94. The van der Waals surface area contributed by atoms with Gasteiger partial charge in [-0.05, 0) is 17.9 Å². The summed E-state index contributed by atoms with van der Waals surface area (Å²) in [5.74, 6) is 0.0877. The van der Waals surface area contributed by atoms with Crippen LogP contribution in [0.5, 0.6) is 0 Å². The van der Waals surface area contributed by atoms with Crippen LogP contribution in [0.25, 0.3) is 0 Å². The molecule has 5 nitrogen and oxygen atoms in total. The van der Waals surface area contributed by atoms with Gasteiger partial charge in [0, 0.05) is 26.1 Å². The lowest BCUT2D eigenvalue weighted by Gasteiger charge is -2.39. The van der Waals surface area contributed by atoms with E-state index in [1.807, 2.05) is 35.2 Å². The number of carbonyl (C=O) groups is 2. The molecular weight excluding hydrogens is 278 g/mol. The van der Waals surface area contributed by atoms with Crippen LogP contribution in [0, 0.1) is 5.92 Å². The molecule has 0 saturated carbocycles. The van der Waals surface area contributed by atoms with E-state index < -0.39 is 6.04 Å². The van der Waals surface area contributed by atoms with Crippen molar-refractivity contribution < 1.29 is 9.59 Å². The molecule has 1 aromatic rings. The summed E-state index contributed by atoms with van der Waals surface area (Å²) in [7, 11) is 0. The summed E-state index contributed by atoms with van der Waals surface area (Å²) in [4.78, 5) is 25.3. The topological polar surface area (TPSA) is 75.4 Å². The number of nitrogens with one attached hydrogen (secondary N) is 1. The maximum atomic E-state index is 11.8. The third kappa shape index (κ3) is 3.85. The van der Waals surface area contributed by atoms with E-state index >= 15 is 0 Å². The lowest BCUT2D eigenvalue weighted by Crippen LogP contribution is -2.52. The molecule has 1 heterocycles. The first-order valence-corrected chi connectivity index (χ1v) is 7.88. The number of primary amides is 1. The average Bonchev–Trinajstić information content (AvgIpc) is 2.52. The second kappa shape index (κ2) is 7.40. The van der Waals surface area contributed by atoms with Gasteiger partial charge >= 0.3 is 0 Å². The molecular formula is C17H25N3O2. The van der Waals surface area contributed by atoms with Crippen LogP contribution in [0.4, 0.5) is 0 Å². The third-order valence-electron chi connectivity index (χ3n) is 4.50. The molecule has 2 amide bonds. The number of likely N-dealkylation sites (tertiary alicyclic amines) is 1. The van der Waals surface area contributed by atoms with Gasteiger partial charge in [0.2, 0.25) is 11.8 Å². The first kappa shape index (κ1) is 16.5. The van der Waals surface area contributed by atoms with Crippen LogP contribution in [0.1, 0.15) is 38.3 Å². The van der Waals surface area contributed by atoms with Crippen molar-refractivity contribution in [1.82, 2.24) is 10.2 Å². The normalized spacial score (nSPS) is 23.1. The molecule has 1 aromatic carbocycles. The van der Waals surface area contributed by atoms with Crippen molar-refractivity contribution >= 4 is 11.8 Å². The third-order valence-corrected chi connectivity index (χ3v) is 4.50. The van der Waals surface area contributed by atoms with Gasteiger partial charge in [-0.2, -0.15) is 0 Å². The Morgan fingerprint density at radius 1 is 1.36 bits per heavy atom. The highest BCUT2D eigenvalue weighted by molar-refractivity contribution is 5.81. The SMILES string of the molecule is CC[C@@H]1CN(C(C)=O)CC[C@@H]1N[C@@H](C(N)=O)c1ccccc1.